The first kappa shape index (κ1) is 14.3. The molecule has 15 heavy (non-hydrogen) atoms. The summed E-state index contributed by atoms with van der Waals surface area (Å²) in [4.78, 5) is 11.5. The van der Waals surface area contributed by atoms with Gasteiger partial charge in [0.25, 0.3) is 0 Å². The van der Waals surface area contributed by atoms with Gasteiger partial charge < -0.3 is 14.2 Å². The quantitative estimate of drug-likeness (QED) is 0.466. The second-order valence-corrected chi connectivity index (χ2v) is 3.38. The molecule has 1 unspecified atom stereocenters. The molecule has 5 heteroatoms. The van der Waals surface area contributed by atoms with Gasteiger partial charge in [0.05, 0.1) is 20.3 Å². The monoisotopic (exact) mass is 219 g/mol. The first-order valence-corrected chi connectivity index (χ1v) is 5.00. The maximum absolute atomic E-state index is 11.5. The molecule has 0 heterocycles. The molecule has 0 spiro atoms. The predicted octanol–water partition coefficient (Wildman–Crippen LogP) is 0.191. The molecule has 0 radical (unpaired) electrons. The number of nitrogens with one attached hydrogen (secondary N) is 1. The van der Waals surface area contributed by atoms with Crippen LogP contribution in [0.1, 0.15) is 13.8 Å². The first-order chi connectivity index (χ1) is 7.10. The van der Waals surface area contributed by atoms with Crippen LogP contribution < -0.4 is 5.32 Å². The van der Waals surface area contributed by atoms with E-state index in [2.05, 4.69) is 5.32 Å². The number of methoxy groups -OCH3 is 2. The van der Waals surface area contributed by atoms with Crippen LogP contribution in [0.25, 0.3) is 0 Å². The molecule has 0 amide bonds. The molecule has 0 aliphatic rings. The van der Waals surface area contributed by atoms with Crippen molar-refractivity contribution >= 4 is 5.97 Å². The summed E-state index contributed by atoms with van der Waals surface area (Å²) < 4.78 is 14.9. The Balaban J connectivity index is 4.20. The van der Waals surface area contributed by atoms with Crippen LogP contribution in [0.3, 0.4) is 0 Å². The summed E-state index contributed by atoms with van der Waals surface area (Å²) in [5, 5.41) is 3.06. The average Bonchev–Trinajstić information content (AvgIpc) is 2.25. The second-order valence-electron chi connectivity index (χ2n) is 3.38. The zero-order valence-electron chi connectivity index (χ0n) is 9.96. The molecule has 5 nitrogen and oxygen atoms in total. The molecule has 0 fully saturated rings. The van der Waals surface area contributed by atoms with Crippen LogP contribution in [0.15, 0.2) is 0 Å². The van der Waals surface area contributed by atoms with Crippen molar-refractivity contribution in [1.82, 2.24) is 5.32 Å². The number of hydrogen-bond acceptors (Lipinski definition) is 5. The Morgan fingerprint density at radius 3 is 2.53 bits per heavy atom. The van der Waals surface area contributed by atoms with Crippen molar-refractivity contribution in [2.24, 2.45) is 0 Å². The van der Waals surface area contributed by atoms with Gasteiger partial charge in [-0.15, -0.1) is 0 Å². The smallest absolute Gasteiger partial charge is 0.328 e. The molecule has 0 saturated carbocycles. The van der Waals surface area contributed by atoms with E-state index in [1.165, 1.54) is 7.11 Å². The molecule has 0 aliphatic carbocycles. The molecule has 1 atom stereocenters. The third-order valence-corrected chi connectivity index (χ3v) is 2.05. The highest BCUT2D eigenvalue weighted by atomic mass is 16.5. The van der Waals surface area contributed by atoms with Gasteiger partial charge in [-0.3, -0.25) is 5.32 Å². The third-order valence-electron chi connectivity index (χ3n) is 2.05. The largest absolute Gasteiger partial charge is 0.468 e. The summed E-state index contributed by atoms with van der Waals surface area (Å²) in [7, 11) is 2.98. The fraction of sp³-hybridized carbons (Fsp3) is 0.900. The van der Waals surface area contributed by atoms with Crippen molar-refractivity contribution in [2.45, 2.75) is 19.4 Å². The lowest BCUT2D eigenvalue weighted by Gasteiger charge is -2.27. The highest BCUT2D eigenvalue weighted by Crippen LogP contribution is 2.06. The molecular weight excluding hydrogens is 198 g/mol. The highest BCUT2D eigenvalue weighted by molar-refractivity contribution is 5.80. The Morgan fingerprint density at radius 2 is 2.07 bits per heavy atom. The van der Waals surface area contributed by atoms with Crippen molar-refractivity contribution in [2.75, 3.05) is 40.6 Å². The van der Waals surface area contributed by atoms with E-state index in [4.69, 9.17) is 14.2 Å². The van der Waals surface area contributed by atoms with E-state index in [1.54, 1.807) is 14.0 Å². The number of carbonyl (C=O) groups is 1. The van der Waals surface area contributed by atoms with E-state index in [1.807, 2.05) is 6.92 Å². The van der Waals surface area contributed by atoms with Crippen molar-refractivity contribution in [3.8, 4) is 0 Å². The fourth-order valence-corrected chi connectivity index (χ4v) is 1.14. The van der Waals surface area contributed by atoms with Crippen LogP contribution in [0.2, 0.25) is 0 Å². The molecular formula is C10H21NO4. The van der Waals surface area contributed by atoms with Crippen molar-refractivity contribution in [3.05, 3.63) is 0 Å². The Labute approximate surface area is 91.1 Å². The number of carbonyl (C=O) groups excluding carboxylic acids is 1. The Kier molecular flexibility index (Phi) is 7.29. The number of ether oxygens (including phenoxy) is 3. The number of hydrogen-bond donors (Lipinski definition) is 1. The van der Waals surface area contributed by atoms with Gasteiger partial charge in [0.1, 0.15) is 5.54 Å². The molecule has 0 aromatic carbocycles. The summed E-state index contributed by atoms with van der Waals surface area (Å²) in [5.41, 5.74) is -0.802. The van der Waals surface area contributed by atoms with Gasteiger partial charge in [-0.25, -0.2) is 4.79 Å². The summed E-state index contributed by atoms with van der Waals surface area (Å²) >= 11 is 0. The topological polar surface area (TPSA) is 56.8 Å². The lowest BCUT2D eigenvalue weighted by molar-refractivity contribution is -0.150. The van der Waals surface area contributed by atoms with Gasteiger partial charge in [-0.05, 0) is 13.8 Å². The molecule has 0 saturated heterocycles. The molecule has 0 aliphatic heterocycles. The standard InChI is InChI=1S/C10H21NO4/c1-5-15-8-10(2,9(12)14-4)11-6-7-13-3/h11H,5-8H2,1-4H3. The van der Waals surface area contributed by atoms with Crippen LogP contribution in [0.4, 0.5) is 0 Å². The zero-order valence-corrected chi connectivity index (χ0v) is 9.96. The van der Waals surface area contributed by atoms with Crippen LogP contribution in [0, 0.1) is 0 Å². The maximum atomic E-state index is 11.5. The lowest BCUT2D eigenvalue weighted by Crippen LogP contribution is -2.54. The Hall–Kier alpha value is -0.650. The van der Waals surface area contributed by atoms with Crippen molar-refractivity contribution in [1.29, 1.82) is 0 Å². The minimum Gasteiger partial charge on any atom is -0.468 e. The van der Waals surface area contributed by atoms with Gasteiger partial charge >= 0.3 is 5.97 Å². The molecule has 90 valence electrons. The molecule has 1 N–H and O–H groups in total. The summed E-state index contributed by atoms with van der Waals surface area (Å²) in [6, 6.07) is 0. The SMILES string of the molecule is CCOCC(C)(NCCOC)C(=O)OC. The maximum Gasteiger partial charge on any atom is 0.328 e. The summed E-state index contributed by atoms with van der Waals surface area (Å²) in [6.07, 6.45) is 0. The second kappa shape index (κ2) is 7.62. The third kappa shape index (κ3) is 5.11. The number of esters is 1. The van der Waals surface area contributed by atoms with Crippen LogP contribution in [0.5, 0.6) is 0 Å². The fourth-order valence-electron chi connectivity index (χ4n) is 1.14. The summed E-state index contributed by atoms with van der Waals surface area (Å²) in [5.74, 6) is -0.327. The van der Waals surface area contributed by atoms with Gasteiger partial charge in [-0.1, -0.05) is 0 Å². The highest BCUT2D eigenvalue weighted by Gasteiger charge is 2.33. The van der Waals surface area contributed by atoms with E-state index in [9.17, 15) is 4.79 Å². The lowest BCUT2D eigenvalue weighted by atomic mass is 10.0. The summed E-state index contributed by atoms with van der Waals surface area (Å²) in [6.45, 7) is 5.61. The Morgan fingerprint density at radius 1 is 1.40 bits per heavy atom. The number of rotatable bonds is 8. The van der Waals surface area contributed by atoms with E-state index in [0.717, 1.165) is 0 Å². The minimum absolute atomic E-state index is 0.292. The van der Waals surface area contributed by atoms with E-state index >= 15 is 0 Å². The van der Waals surface area contributed by atoms with Gasteiger partial charge in [0.2, 0.25) is 0 Å². The molecule has 0 bridgehead atoms. The van der Waals surface area contributed by atoms with Gasteiger partial charge in [-0.2, -0.15) is 0 Å². The van der Waals surface area contributed by atoms with E-state index in [0.29, 0.717) is 26.4 Å². The average molecular weight is 219 g/mol. The van der Waals surface area contributed by atoms with E-state index < -0.39 is 5.54 Å². The van der Waals surface area contributed by atoms with Crippen LogP contribution in [-0.4, -0.2) is 52.1 Å². The van der Waals surface area contributed by atoms with Gasteiger partial charge in [0, 0.05) is 20.3 Å². The normalized spacial score (nSPS) is 14.7. The minimum atomic E-state index is -0.802. The van der Waals surface area contributed by atoms with Gasteiger partial charge in [0.15, 0.2) is 0 Å². The van der Waals surface area contributed by atoms with Crippen molar-refractivity contribution < 1.29 is 19.0 Å². The molecule has 0 rings (SSSR count). The first-order valence-electron chi connectivity index (χ1n) is 5.00. The molecule has 0 aromatic heterocycles. The zero-order chi connectivity index (χ0) is 11.7. The van der Waals surface area contributed by atoms with Crippen LogP contribution in [-0.2, 0) is 19.0 Å². The van der Waals surface area contributed by atoms with Crippen LogP contribution >= 0.6 is 0 Å². The van der Waals surface area contributed by atoms with Crippen molar-refractivity contribution in [3.63, 3.8) is 0 Å². The van der Waals surface area contributed by atoms with E-state index in [-0.39, 0.29) is 5.97 Å². The molecule has 0 aromatic rings. The Bertz CT molecular complexity index is 186. The predicted molar refractivity (Wildman–Crippen MR) is 56.8 cm³/mol.